The molecule has 0 radical (unpaired) electrons. The van der Waals surface area contributed by atoms with E-state index in [2.05, 4.69) is 0 Å². The molecule has 5 aromatic rings. The van der Waals surface area contributed by atoms with Crippen LogP contribution in [-0.2, 0) is 4.57 Å². The summed E-state index contributed by atoms with van der Waals surface area (Å²) < 4.78 is 14.9. The maximum atomic E-state index is 14.9. The number of hydrogen-bond donors (Lipinski definition) is 0. The fourth-order valence-electron chi connectivity index (χ4n) is 3.95. The standard InChI is InChI=1S/C25H17N2O3P/c28-27(29)18-15-16-24-23(17-18)21-13-7-8-14-22(21)25(26-24)31(30,19-9-3-1-4-10-19)20-11-5-2-6-12-20/h1-17H. The summed E-state index contributed by atoms with van der Waals surface area (Å²) in [5, 5.41) is 14.9. The van der Waals surface area contributed by atoms with Crippen LogP contribution >= 0.6 is 7.14 Å². The smallest absolute Gasteiger partial charge is 0.270 e. The van der Waals surface area contributed by atoms with Gasteiger partial charge in [-0.15, -0.1) is 0 Å². The van der Waals surface area contributed by atoms with E-state index in [0.717, 1.165) is 10.8 Å². The molecule has 4 aromatic carbocycles. The molecule has 0 saturated heterocycles. The second kappa shape index (κ2) is 7.46. The van der Waals surface area contributed by atoms with E-state index >= 15 is 0 Å². The predicted molar refractivity (Wildman–Crippen MR) is 125 cm³/mol. The van der Waals surface area contributed by atoms with Gasteiger partial charge in [-0.25, -0.2) is 4.98 Å². The lowest BCUT2D eigenvalue weighted by Crippen LogP contribution is -2.27. The molecule has 5 rings (SSSR count). The van der Waals surface area contributed by atoms with Gasteiger partial charge in [-0.3, -0.25) is 10.1 Å². The first kappa shape index (κ1) is 19.2. The van der Waals surface area contributed by atoms with E-state index in [1.54, 1.807) is 6.07 Å². The van der Waals surface area contributed by atoms with E-state index in [4.69, 9.17) is 4.98 Å². The summed E-state index contributed by atoms with van der Waals surface area (Å²) in [4.78, 5) is 15.7. The van der Waals surface area contributed by atoms with Crippen LogP contribution in [0.3, 0.4) is 0 Å². The fraction of sp³-hybridized carbons (Fsp3) is 0. The molecular weight excluding hydrogens is 407 g/mol. The summed E-state index contributed by atoms with van der Waals surface area (Å²) in [5.41, 5.74) is 1.06. The van der Waals surface area contributed by atoms with E-state index < -0.39 is 12.1 Å². The number of nitrogens with zero attached hydrogens (tertiary/aromatic N) is 2. The van der Waals surface area contributed by atoms with Crippen molar-refractivity contribution in [3.8, 4) is 0 Å². The van der Waals surface area contributed by atoms with Gasteiger partial charge >= 0.3 is 0 Å². The summed E-state index contributed by atoms with van der Waals surface area (Å²) in [6, 6.07) is 30.9. The van der Waals surface area contributed by atoms with Gasteiger partial charge in [-0.1, -0.05) is 84.9 Å². The van der Waals surface area contributed by atoms with Crippen LogP contribution in [0.4, 0.5) is 5.69 Å². The Labute approximate surface area is 178 Å². The molecule has 1 aromatic heterocycles. The minimum atomic E-state index is -3.30. The number of hydrogen-bond acceptors (Lipinski definition) is 4. The van der Waals surface area contributed by atoms with Gasteiger partial charge < -0.3 is 4.57 Å². The Hall–Kier alpha value is -3.82. The van der Waals surface area contributed by atoms with Crippen molar-refractivity contribution in [2.75, 3.05) is 0 Å². The molecule has 1 heterocycles. The van der Waals surface area contributed by atoms with Crippen LogP contribution in [0.5, 0.6) is 0 Å². The van der Waals surface area contributed by atoms with Crippen molar-refractivity contribution in [1.82, 2.24) is 4.98 Å². The van der Waals surface area contributed by atoms with Gasteiger partial charge in [0, 0.05) is 33.5 Å². The SMILES string of the molecule is O=[N+]([O-])c1ccc2nc(P(=O)(c3ccccc3)c3ccccc3)c3ccccc3c2c1. The molecule has 31 heavy (non-hydrogen) atoms. The number of aromatic nitrogens is 1. The van der Waals surface area contributed by atoms with Gasteiger partial charge in [-0.05, 0) is 11.5 Å². The highest BCUT2D eigenvalue weighted by molar-refractivity contribution is 7.85. The number of nitro groups is 1. The first-order chi connectivity index (χ1) is 15.1. The summed E-state index contributed by atoms with van der Waals surface area (Å²) in [5.74, 6) is 0. The van der Waals surface area contributed by atoms with E-state index in [1.807, 2.05) is 84.9 Å². The maximum absolute atomic E-state index is 14.9. The first-order valence-corrected chi connectivity index (χ1v) is 11.5. The Morgan fingerprint density at radius 1 is 0.677 bits per heavy atom. The highest BCUT2D eigenvalue weighted by atomic mass is 31.2. The molecule has 0 bridgehead atoms. The lowest BCUT2D eigenvalue weighted by molar-refractivity contribution is -0.384. The zero-order valence-electron chi connectivity index (χ0n) is 16.4. The molecule has 0 aliphatic carbocycles. The average molecular weight is 424 g/mol. The molecule has 0 aliphatic rings. The summed E-state index contributed by atoms with van der Waals surface area (Å²) >= 11 is 0. The van der Waals surface area contributed by atoms with E-state index in [9.17, 15) is 14.7 Å². The molecule has 5 nitrogen and oxygen atoms in total. The minimum Gasteiger partial charge on any atom is -0.307 e. The number of fused-ring (bicyclic) bond motifs is 3. The van der Waals surface area contributed by atoms with Crippen molar-refractivity contribution in [2.24, 2.45) is 0 Å². The zero-order chi connectivity index (χ0) is 21.4. The summed E-state index contributed by atoms with van der Waals surface area (Å²) in [6.07, 6.45) is 0. The Balaban J connectivity index is 1.92. The van der Waals surface area contributed by atoms with Crippen LogP contribution in [0.1, 0.15) is 0 Å². The third-order valence-corrected chi connectivity index (χ3v) is 8.40. The second-order valence-corrected chi connectivity index (χ2v) is 9.89. The predicted octanol–water partition coefficient (Wildman–Crippen LogP) is 4.94. The van der Waals surface area contributed by atoms with Crippen LogP contribution in [0, 0.1) is 10.1 Å². The summed E-state index contributed by atoms with van der Waals surface area (Å²) in [6.45, 7) is 0. The fourth-order valence-corrected chi connectivity index (χ4v) is 6.70. The zero-order valence-corrected chi connectivity index (χ0v) is 17.3. The number of benzene rings is 4. The topological polar surface area (TPSA) is 73.1 Å². The highest BCUT2D eigenvalue weighted by Crippen LogP contribution is 2.44. The molecule has 0 spiro atoms. The highest BCUT2D eigenvalue weighted by Gasteiger charge is 2.33. The number of rotatable bonds is 4. The molecule has 6 heteroatoms. The summed E-state index contributed by atoms with van der Waals surface area (Å²) in [7, 11) is -3.30. The van der Waals surface area contributed by atoms with Crippen molar-refractivity contribution in [3.05, 3.63) is 113 Å². The quantitative estimate of drug-likeness (QED) is 0.177. The maximum Gasteiger partial charge on any atom is 0.270 e. The van der Waals surface area contributed by atoms with Crippen LogP contribution in [0.15, 0.2) is 103 Å². The lowest BCUT2D eigenvalue weighted by atomic mass is 10.1. The van der Waals surface area contributed by atoms with Crippen molar-refractivity contribution < 1.29 is 9.49 Å². The van der Waals surface area contributed by atoms with E-state index in [0.29, 0.717) is 26.9 Å². The van der Waals surface area contributed by atoms with Gasteiger partial charge in [-0.2, -0.15) is 0 Å². The molecule has 0 atom stereocenters. The van der Waals surface area contributed by atoms with Gasteiger partial charge in [0.2, 0.25) is 0 Å². The second-order valence-electron chi connectivity index (χ2n) is 7.22. The first-order valence-electron chi connectivity index (χ1n) is 9.78. The van der Waals surface area contributed by atoms with Gasteiger partial charge in [0.15, 0.2) is 7.14 Å². The Morgan fingerprint density at radius 2 is 1.23 bits per heavy atom. The minimum absolute atomic E-state index is 0.00139. The van der Waals surface area contributed by atoms with Gasteiger partial charge in [0.25, 0.3) is 5.69 Å². The molecule has 0 unspecified atom stereocenters. The van der Waals surface area contributed by atoms with Crippen molar-refractivity contribution in [2.45, 2.75) is 0 Å². The van der Waals surface area contributed by atoms with Crippen molar-refractivity contribution in [1.29, 1.82) is 0 Å². The Kier molecular flexibility index (Phi) is 4.61. The van der Waals surface area contributed by atoms with Gasteiger partial charge in [0.05, 0.1) is 10.4 Å². The van der Waals surface area contributed by atoms with Crippen LogP contribution in [0.2, 0.25) is 0 Å². The monoisotopic (exact) mass is 424 g/mol. The number of pyridine rings is 1. The molecule has 0 N–H and O–H groups in total. The molecule has 0 aliphatic heterocycles. The molecule has 0 fully saturated rings. The average Bonchev–Trinajstić information content (AvgIpc) is 2.83. The van der Waals surface area contributed by atoms with E-state index in [-0.39, 0.29) is 5.69 Å². The largest absolute Gasteiger partial charge is 0.307 e. The normalized spacial score (nSPS) is 11.6. The van der Waals surface area contributed by atoms with Gasteiger partial charge in [0.1, 0.15) is 5.44 Å². The van der Waals surface area contributed by atoms with Crippen LogP contribution in [-0.4, -0.2) is 9.91 Å². The molecular formula is C25H17N2O3P. The lowest BCUT2D eigenvalue weighted by Gasteiger charge is -2.21. The molecule has 150 valence electrons. The van der Waals surface area contributed by atoms with Crippen LogP contribution < -0.4 is 16.0 Å². The molecule has 0 saturated carbocycles. The number of non-ortho nitro benzene ring substituents is 1. The third kappa shape index (κ3) is 3.11. The van der Waals surface area contributed by atoms with Crippen molar-refractivity contribution in [3.63, 3.8) is 0 Å². The Bertz CT molecular complexity index is 1440. The third-order valence-electron chi connectivity index (χ3n) is 5.41. The molecule has 0 amide bonds. The number of nitro benzene ring substituents is 1. The Morgan fingerprint density at radius 3 is 1.81 bits per heavy atom. The van der Waals surface area contributed by atoms with Crippen molar-refractivity contribution >= 4 is 50.5 Å². The van der Waals surface area contributed by atoms with E-state index in [1.165, 1.54) is 12.1 Å². The van der Waals surface area contributed by atoms with Crippen LogP contribution in [0.25, 0.3) is 21.7 Å².